The van der Waals surface area contributed by atoms with Gasteiger partial charge in [-0.2, -0.15) is 0 Å². The first-order valence-corrected chi connectivity index (χ1v) is 6.04. The minimum absolute atomic E-state index is 0.147. The second-order valence-electron chi connectivity index (χ2n) is 4.52. The van der Waals surface area contributed by atoms with Crippen molar-refractivity contribution in [1.82, 2.24) is 4.98 Å². The van der Waals surface area contributed by atoms with E-state index in [1.807, 2.05) is 31.2 Å². The number of hydrogen-bond acceptors (Lipinski definition) is 3. The molecule has 0 bridgehead atoms. The lowest BCUT2D eigenvalue weighted by Crippen LogP contribution is -1.91. The normalized spacial score (nSPS) is 10.8. The van der Waals surface area contributed by atoms with Crippen LogP contribution in [0.5, 0.6) is 11.5 Å². The summed E-state index contributed by atoms with van der Waals surface area (Å²) in [6.45, 7) is 1.94. The van der Waals surface area contributed by atoms with Crippen molar-refractivity contribution in [2.45, 2.75) is 6.92 Å². The predicted molar refractivity (Wildman–Crippen MR) is 75.2 cm³/mol. The molecule has 0 spiro atoms. The van der Waals surface area contributed by atoms with Gasteiger partial charge in [-0.15, -0.1) is 0 Å². The molecule has 3 rings (SSSR count). The van der Waals surface area contributed by atoms with E-state index in [-0.39, 0.29) is 11.5 Å². The number of fused-ring (bicyclic) bond motifs is 1. The summed E-state index contributed by atoms with van der Waals surface area (Å²) in [5.41, 5.74) is 2.86. The maximum Gasteiger partial charge on any atom is 0.141 e. The van der Waals surface area contributed by atoms with Gasteiger partial charge >= 0.3 is 0 Å². The van der Waals surface area contributed by atoms with E-state index in [1.165, 1.54) is 0 Å². The molecular weight excluding hydrogens is 238 g/mol. The van der Waals surface area contributed by atoms with E-state index in [0.29, 0.717) is 16.8 Å². The van der Waals surface area contributed by atoms with Gasteiger partial charge in [0.2, 0.25) is 0 Å². The van der Waals surface area contributed by atoms with E-state index >= 15 is 0 Å². The second kappa shape index (κ2) is 4.28. The first-order valence-electron chi connectivity index (χ1n) is 6.04. The van der Waals surface area contributed by atoms with Crippen LogP contribution in [0.15, 0.2) is 48.5 Å². The number of pyridine rings is 1. The maximum absolute atomic E-state index is 9.93. The fourth-order valence-electron chi connectivity index (χ4n) is 2.24. The Morgan fingerprint density at radius 2 is 1.63 bits per heavy atom. The first-order chi connectivity index (χ1) is 9.16. The lowest BCUT2D eigenvalue weighted by atomic mass is 10.0. The van der Waals surface area contributed by atoms with Crippen molar-refractivity contribution in [3.8, 4) is 22.8 Å². The van der Waals surface area contributed by atoms with Crippen LogP contribution in [-0.4, -0.2) is 15.2 Å². The molecule has 2 aromatic carbocycles. The Hall–Kier alpha value is -2.55. The fourth-order valence-corrected chi connectivity index (χ4v) is 2.24. The Morgan fingerprint density at radius 3 is 2.42 bits per heavy atom. The number of para-hydroxylation sites is 2. The Balaban J connectivity index is 2.33. The van der Waals surface area contributed by atoms with Gasteiger partial charge in [-0.05, 0) is 36.8 Å². The SMILES string of the molecule is Cc1cc2cccc(O)c2nc1-c1ccccc1O. The van der Waals surface area contributed by atoms with Crippen molar-refractivity contribution in [2.75, 3.05) is 0 Å². The van der Waals surface area contributed by atoms with E-state index in [4.69, 9.17) is 0 Å². The summed E-state index contributed by atoms with van der Waals surface area (Å²) < 4.78 is 0. The molecule has 0 aliphatic carbocycles. The molecule has 3 heteroatoms. The molecule has 94 valence electrons. The van der Waals surface area contributed by atoms with Gasteiger partial charge in [0.15, 0.2) is 0 Å². The van der Waals surface area contributed by atoms with Crippen LogP contribution in [0, 0.1) is 6.92 Å². The quantitative estimate of drug-likeness (QED) is 0.694. The number of aromatic nitrogens is 1. The molecule has 0 amide bonds. The van der Waals surface area contributed by atoms with E-state index in [9.17, 15) is 10.2 Å². The highest BCUT2D eigenvalue weighted by molar-refractivity contribution is 5.88. The van der Waals surface area contributed by atoms with E-state index in [1.54, 1.807) is 24.3 Å². The van der Waals surface area contributed by atoms with Crippen molar-refractivity contribution >= 4 is 10.9 Å². The highest BCUT2D eigenvalue weighted by atomic mass is 16.3. The van der Waals surface area contributed by atoms with Crippen LogP contribution >= 0.6 is 0 Å². The number of benzene rings is 2. The van der Waals surface area contributed by atoms with Crippen molar-refractivity contribution in [1.29, 1.82) is 0 Å². The number of nitrogens with zero attached hydrogens (tertiary/aromatic N) is 1. The van der Waals surface area contributed by atoms with Gasteiger partial charge in [0.05, 0.1) is 5.69 Å². The molecule has 19 heavy (non-hydrogen) atoms. The summed E-state index contributed by atoms with van der Waals surface area (Å²) in [4.78, 5) is 4.50. The third kappa shape index (κ3) is 1.89. The average molecular weight is 251 g/mol. The van der Waals surface area contributed by atoms with Crippen LogP contribution in [0.2, 0.25) is 0 Å². The smallest absolute Gasteiger partial charge is 0.141 e. The Morgan fingerprint density at radius 1 is 0.895 bits per heavy atom. The largest absolute Gasteiger partial charge is 0.507 e. The predicted octanol–water partition coefficient (Wildman–Crippen LogP) is 3.62. The Labute approximate surface area is 110 Å². The second-order valence-corrected chi connectivity index (χ2v) is 4.52. The number of hydrogen-bond donors (Lipinski definition) is 2. The molecule has 0 saturated heterocycles. The molecule has 0 aliphatic rings. The molecular formula is C16H13NO2. The topological polar surface area (TPSA) is 53.4 Å². The summed E-state index contributed by atoms with van der Waals surface area (Å²) in [5, 5.41) is 20.7. The van der Waals surface area contributed by atoms with Crippen LogP contribution in [0.25, 0.3) is 22.2 Å². The van der Waals surface area contributed by atoms with Crippen LogP contribution in [-0.2, 0) is 0 Å². The molecule has 3 aromatic rings. The van der Waals surface area contributed by atoms with Gasteiger partial charge in [-0.1, -0.05) is 24.3 Å². The highest BCUT2D eigenvalue weighted by Gasteiger charge is 2.11. The summed E-state index contributed by atoms with van der Waals surface area (Å²) in [5.74, 6) is 0.335. The summed E-state index contributed by atoms with van der Waals surface area (Å²) in [7, 11) is 0. The molecule has 1 aromatic heterocycles. The van der Waals surface area contributed by atoms with E-state index in [0.717, 1.165) is 10.9 Å². The van der Waals surface area contributed by atoms with Crippen LogP contribution in [0.1, 0.15) is 5.56 Å². The summed E-state index contributed by atoms with van der Waals surface area (Å²) in [6.07, 6.45) is 0. The molecule has 0 aliphatic heterocycles. The molecule has 1 heterocycles. The van der Waals surface area contributed by atoms with Gasteiger partial charge in [0.25, 0.3) is 0 Å². The van der Waals surface area contributed by atoms with Gasteiger partial charge in [0, 0.05) is 10.9 Å². The molecule has 2 N–H and O–H groups in total. The standard InChI is InChI=1S/C16H13NO2/c1-10-9-11-5-4-8-14(19)16(11)17-15(10)12-6-2-3-7-13(12)18/h2-9,18-19H,1H3. The number of rotatable bonds is 1. The first kappa shape index (κ1) is 11.5. The Bertz CT molecular complexity index is 766. The third-order valence-electron chi connectivity index (χ3n) is 3.17. The average Bonchev–Trinajstić information content (AvgIpc) is 2.39. The van der Waals surface area contributed by atoms with Gasteiger partial charge < -0.3 is 10.2 Å². The van der Waals surface area contributed by atoms with Crippen molar-refractivity contribution in [3.05, 3.63) is 54.1 Å². The minimum atomic E-state index is 0.147. The number of phenolic OH excluding ortho intramolecular Hbond substituents is 2. The molecule has 0 unspecified atom stereocenters. The number of phenols is 2. The van der Waals surface area contributed by atoms with Crippen molar-refractivity contribution < 1.29 is 10.2 Å². The lowest BCUT2D eigenvalue weighted by Gasteiger charge is -2.09. The fraction of sp³-hybridized carbons (Fsp3) is 0.0625. The van der Waals surface area contributed by atoms with Crippen molar-refractivity contribution in [2.24, 2.45) is 0 Å². The summed E-state index contributed by atoms with van der Waals surface area (Å²) >= 11 is 0. The third-order valence-corrected chi connectivity index (χ3v) is 3.17. The molecule has 0 radical (unpaired) electrons. The molecule has 0 atom stereocenters. The maximum atomic E-state index is 9.93. The van der Waals surface area contributed by atoms with Crippen LogP contribution in [0.3, 0.4) is 0 Å². The van der Waals surface area contributed by atoms with Crippen molar-refractivity contribution in [3.63, 3.8) is 0 Å². The summed E-state index contributed by atoms with van der Waals surface area (Å²) in [6, 6.07) is 14.3. The van der Waals surface area contributed by atoms with Gasteiger partial charge in [-0.3, -0.25) is 0 Å². The molecule has 0 saturated carbocycles. The monoisotopic (exact) mass is 251 g/mol. The van der Waals surface area contributed by atoms with Gasteiger partial charge in [0.1, 0.15) is 17.0 Å². The lowest BCUT2D eigenvalue weighted by molar-refractivity contribution is 0.476. The molecule has 3 nitrogen and oxygen atoms in total. The van der Waals surface area contributed by atoms with Crippen LogP contribution in [0.4, 0.5) is 0 Å². The number of aromatic hydroxyl groups is 2. The zero-order valence-electron chi connectivity index (χ0n) is 10.5. The minimum Gasteiger partial charge on any atom is -0.507 e. The van der Waals surface area contributed by atoms with E-state index < -0.39 is 0 Å². The zero-order valence-corrected chi connectivity index (χ0v) is 10.5. The zero-order chi connectivity index (χ0) is 13.4. The number of aryl methyl sites for hydroxylation is 1. The Kier molecular flexibility index (Phi) is 2.60. The highest BCUT2D eigenvalue weighted by Crippen LogP contribution is 2.33. The van der Waals surface area contributed by atoms with E-state index in [2.05, 4.69) is 4.98 Å². The van der Waals surface area contributed by atoms with Gasteiger partial charge in [-0.25, -0.2) is 4.98 Å². The molecule has 0 fully saturated rings. The van der Waals surface area contributed by atoms with Crippen LogP contribution < -0.4 is 0 Å².